The molecule has 1 saturated carbocycles. The van der Waals surface area contributed by atoms with Crippen LogP contribution in [0.5, 0.6) is 0 Å². The molecule has 4 rings (SSSR count). The van der Waals surface area contributed by atoms with Crippen molar-refractivity contribution in [2.75, 3.05) is 13.1 Å². The lowest BCUT2D eigenvalue weighted by Gasteiger charge is -2.23. The summed E-state index contributed by atoms with van der Waals surface area (Å²) in [4.78, 5) is 16.9. The number of nitrogens with one attached hydrogen (secondary N) is 2. The zero-order chi connectivity index (χ0) is 15.0. The van der Waals surface area contributed by atoms with Gasteiger partial charge in [0.25, 0.3) is 0 Å². The number of carbonyl (C=O) groups excluding carboxylic acids is 1. The van der Waals surface area contributed by atoms with Gasteiger partial charge >= 0.3 is 0 Å². The molecule has 1 amide bonds. The third kappa shape index (κ3) is 3.51. The van der Waals surface area contributed by atoms with E-state index in [0.29, 0.717) is 12.0 Å². The number of piperidine rings is 1. The molecule has 6 heteroatoms. The first-order valence-electron chi connectivity index (χ1n) is 8.10. The summed E-state index contributed by atoms with van der Waals surface area (Å²) in [6, 6.07) is 10.1. The van der Waals surface area contributed by atoms with Gasteiger partial charge in [-0.05, 0) is 49.4 Å². The Morgan fingerprint density at radius 2 is 1.96 bits per heavy atom. The molecule has 1 aromatic carbocycles. The molecule has 2 aliphatic rings. The molecule has 0 bridgehead atoms. The molecule has 4 nitrogen and oxygen atoms in total. The zero-order valence-corrected chi connectivity index (χ0v) is 15.1. The first-order valence-corrected chi connectivity index (χ1v) is 8.10. The van der Waals surface area contributed by atoms with Crippen LogP contribution in [0.3, 0.4) is 0 Å². The van der Waals surface area contributed by atoms with Crippen molar-refractivity contribution in [3.05, 3.63) is 42.1 Å². The van der Waals surface area contributed by atoms with Crippen molar-refractivity contribution in [3.8, 4) is 0 Å². The van der Waals surface area contributed by atoms with Crippen LogP contribution in [0.25, 0.3) is 10.9 Å². The Morgan fingerprint density at radius 3 is 2.75 bits per heavy atom. The molecule has 2 fully saturated rings. The summed E-state index contributed by atoms with van der Waals surface area (Å²) < 4.78 is 0. The fraction of sp³-hybridized carbons (Fsp3) is 0.444. The van der Waals surface area contributed by atoms with Crippen molar-refractivity contribution in [2.45, 2.75) is 25.8 Å². The second kappa shape index (κ2) is 7.68. The average Bonchev–Trinajstić information content (AvgIpc) is 3.26. The third-order valence-electron chi connectivity index (χ3n) is 5.27. The first-order chi connectivity index (χ1) is 10.8. The minimum Gasteiger partial charge on any atom is -0.352 e. The van der Waals surface area contributed by atoms with Gasteiger partial charge in [-0.25, -0.2) is 0 Å². The summed E-state index contributed by atoms with van der Waals surface area (Å²) in [5.74, 6) is 0.437. The van der Waals surface area contributed by atoms with E-state index in [1.165, 1.54) is 0 Å². The Labute approximate surface area is 154 Å². The lowest BCUT2D eigenvalue weighted by Crippen LogP contribution is -2.33. The molecule has 2 N–H and O–H groups in total. The zero-order valence-electron chi connectivity index (χ0n) is 13.5. The van der Waals surface area contributed by atoms with Crippen LogP contribution in [0.4, 0.5) is 0 Å². The van der Waals surface area contributed by atoms with E-state index >= 15 is 0 Å². The van der Waals surface area contributed by atoms with Gasteiger partial charge in [0.1, 0.15) is 0 Å². The molecule has 130 valence electrons. The highest BCUT2D eigenvalue weighted by molar-refractivity contribution is 5.86. The van der Waals surface area contributed by atoms with Crippen molar-refractivity contribution in [2.24, 2.45) is 11.3 Å². The van der Waals surface area contributed by atoms with E-state index in [9.17, 15) is 4.79 Å². The topological polar surface area (TPSA) is 54.0 Å². The van der Waals surface area contributed by atoms with Crippen molar-refractivity contribution in [1.82, 2.24) is 15.6 Å². The van der Waals surface area contributed by atoms with Gasteiger partial charge in [-0.2, -0.15) is 0 Å². The Kier molecular flexibility index (Phi) is 6.07. The van der Waals surface area contributed by atoms with Crippen molar-refractivity contribution >= 4 is 41.6 Å². The summed E-state index contributed by atoms with van der Waals surface area (Å²) in [7, 11) is 0. The minimum absolute atomic E-state index is 0. The van der Waals surface area contributed by atoms with Gasteiger partial charge in [0, 0.05) is 24.0 Å². The maximum atomic E-state index is 12.4. The molecular formula is C18H23Cl2N3O. The number of benzene rings is 1. The molecule has 1 spiro atoms. The summed E-state index contributed by atoms with van der Waals surface area (Å²) in [6.45, 7) is 2.67. The van der Waals surface area contributed by atoms with Crippen LogP contribution in [-0.2, 0) is 11.3 Å². The normalized spacial score (nSPS) is 20.8. The number of hydrogen-bond donors (Lipinski definition) is 2. The number of nitrogens with zero attached hydrogens (tertiary/aromatic N) is 1. The second-order valence-electron chi connectivity index (χ2n) is 6.58. The molecule has 1 aliphatic carbocycles. The summed E-state index contributed by atoms with van der Waals surface area (Å²) in [5.41, 5.74) is 2.37. The molecule has 1 aliphatic heterocycles. The number of fused-ring (bicyclic) bond motifs is 1. The van der Waals surface area contributed by atoms with Crippen LogP contribution in [0.2, 0.25) is 0 Å². The van der Waals surface area contributed by atoms with Crippen molar-refractivity contribution in [1.29, 1.82) is 0 Å². The molecule has 2 aromatic rings. The van der Waals surface area contributed by atoms with E-state index in [4.69, 9.17) is 0 Å². The highest BCUT2D eigenvalue weighted by Crippen LogP contribution is 2.58. The summed E-state index contributed by atoms with van der Waals surface area (Å²) in [6.07, 6.45) is 5.15. The summed E-state index contributed by atoms with van der Waals surface area (Å²) >= 11 is 0. The minimum atomic E-state index is 0. The van der Waals surface area contributed by atoms with Gasteiger partial charge in [0.2, 0.25) is 5.91 Å². The van der Waals surface area contributed by atoms with Gasteiger partial charge in [-0.3, -0.25) is 9.78 Å². The monoisotopic (exact) mass is 367 g/mol. The Balaban J connectivity index is 0.00000104. The number of amides is 1. The highest BCUT2D eigenvalue weighted by Gasteiger charge is 2.57. The number of carbonyl (C=O) groups is 1. The second-order valence-corrected chi connectivity index (χ2v) is 6.58. The standard InChI is InChI=1S/C18H21N3O.2ClH/c22-17(15-11-18(15)6-9-19-10-7-18)21-12-14-4-1-3-13-5-2-8-20-16(13)14;;/h1-5,8,15,19H,6-7,9-12H2,(H,21,22);2*1H. The number of hydrogen-bond acceptors (Lipinski definition) is 3. The average molecular weight is 368 g/mol. The van der Waals surface area contributed by atoms with Gasteiger partial charge in [0.05, 0.1) is 5.52 Å². The summed E-state index contributed by atoms with van der Waals surface area (Å²) in [5, 5.41) is 7.62. The van der Waals surface area contributed by atoms with E-state index < -0.39 is 0 Å². The first kappa shape index (κ1) is 19.0. The van der Waals surface area contributed by atoms with E-state index in [1.807, 2.05) is 18.2 Å². The lowest BCUT2D eigenvalue weighted by atomic mass is 9.92. The number of aromatic nitrogens is 1. The van der Waals surface area contributed by atoms with Crippen LogP contribution in [-0.4, -0.2) is 24.0 Å². The maximum Gasteiger partial charge on any atom is 0.223 e. The molecule has 1 saturated heterocycles. The van der Waals surface area contributed by atoms with E-state index in [2.05, 4.69) is 27.8 Å². The molecule has 1 unspecified atom stereocenters. The van der Waals surface area contributed by atoms with Gasteiger partial charge < -0.3 is 10.6 Å². The lowest BCUT2D eigenvalue weighted by molar-refractivity contribution is -0.123. The largest absolute Gasteiger partial charge is 0.352 e. The third-order valence-corrected chi connectivity index (χ3v) is 5.27. The van der Waals surface area contributed by atoms with Crippen LogP contribution >= 0.6 is 24.8 Å². The Hall–Kier alpha value is -1.36. The number of para-hydroxylation sites is 1. The fourth-order valence-corrected chi connectivity index (χ4v) is 3.81. The SMILES string of the molecule is Cl.Cl.O=C(NCc1cccc2cccnc12)C1CC12CCNCC2. The van der Waals surface area contributed by atoms with Crippen LogP contribution < -0.4 is 10.6 Å². The molecular weight excluding hydrogens is 345 g/mol. The number of halogens is 2. The van der Waals surface area contributed by atoms with Gasteiger partial charge in [0.15, 0.2) is 0 Å². The van der Waals surface area contributed by atoms with E-state index in [-0.39, 0.29) is 36.6 Å². The van der Waals surface area contributed by atoms with Crippen LogP contribution in [0.1, 0.15) is 24.8 Å². The Bertz CT molecular complexity index is 711. The molecule has 0 radical (unpaired) electrons. The van der Waals surface area contributed by atoms with Gasteiger partial charge in [-0.1, -0.05) is 24.3 Å². The van der Waals surface area contributed by atoms with Crippen LogP contribution in [0.15, 0.2) is 36.5 Å². The van der Waals surface area contributed by atoms with E-state index in [1.54, 1.807) is 6.20 Å². The highest BCUT2D eigenvalue weighted by atomic mass is 35.5. The molecule has 24 heavy (non-hydrogen) atoms. The van der Waals surface area contributed by atoms with Crippen LogP contribution in [0, 0.1) is 11.3 Å². The van der Waals surface area contributed by atoms with E-state index in [0.717, 1.165) is 48.8 Å². The molecule has 2 heterocycles. The van der Waals surface area contributed by atoms with Crippen molar-refractivity contribution in [3.63, 3.8) is 0 Å². The molecule has 1 atom stereocenters. The quantitative estimate of drug-likeness (QED) is 0.876. The molecule has 1 aromatic heterocycles. The van der Waals surface area contributed by atoms with Crippen molar-refractivity contribution < 1.29 is 4.79 Å². The number of pyridine rings is 1. The maximum absolute atomic E-state index is 12.4. The predicted octanol–water partition coefficient (Wildman–Crippen LogP) is 3.08. The van der Waals surface area contributed by atoms with Gasteiger partial charge in [-0.15, -0.1) is 24.8 Å². The Morgan fingerprint density at radius 1 is 1.21 bits per heavy atom. The number of rotatable bonds is 3. The predicted molar refractivity (Wildman–Crippen MR) is 101 cm³/mol. The smallest absolute Gasteiger partial charge is 0.223 e. The fourth-order valence-electron chi connectivity index (χ4n) is 3.81.